The first-order valence-corrected chi connectivity index (χ1v) is 8.45. The Morgan fingerprint density at radius 1 is 1.23 bits per heavy atom. The van der Waals surface area contributed by atoms with Gasteiger partial charge in [0.1, 0.15) is 0 Å². The summed E-state index contributed by atoms with van der Waals surface area (Å²) in [6.07, 6.45) is 0. The highest BCUT2D eigenvalue weighted by atomic mass is 16.5. The highest BCUT2D eigenvalue weighted by Crippen LogP contribution is 2.35. The third kappa shape index (κ3) is 4.10. The van der Waals surface area contributed by atoms with Gasteiger partial charge in [0.15, 0.2) is 0 Å². The van der Waals surface area contributed by atoms with Crippen LogP contribution in [0.4, 0.5) is 0 Å². The van der Waals surface area contributed by atoms with Crippen LogP contribution in [0.5, 0.6) is 0 Å². The molecule has 1 aliphatic rings. The average molecular weight is 303 g/mol. The Kier molecular flexibility index (Phi) is 6.01. The third-order valence-corrected chi connectivity index (χ3v) is 5.01. The molecule has 0 aliphatic carbocycles. The Balaban J connectivity index is 2.08. The zero-order chi connectivity index (χ0) is 16.1. The van der Waals surface area contributed by atoms with Crippen molar-refractivity contribution in [1.82, 2.24) is 4.90 Å². The fourth-order valence-corrected chi connectivity index (χ4v) is 3.41. The molecular formula is C19H29NO2. The molecule has 0 N–H and O–H groups in total. The molecule has 0 radical (unpaired) electrons. The van der Waals surface area contributed by atoms with Crippen LogP contribution in [0, 0.1) is 23.7 Å². The fraction of sp³-hybridized carbons (Fsp3) is 0.632. The van der Waals surface area contributed by atoms with E-state index in [1.807, 2.05) is 13.0 Å². The minimum absolute atomic E-state index is 0.0149. The van der Waals surface area contributed by atoms with Gasteiger partial charge in [-0.05, 0) is 30.2 Å². The van der Waals surface area contributed by atoms with Crippen molar-refractivity contribution >= 4 is 5.97 Å². The van der Waals surface area contributed by atoms with Crippen LogP contribution in [0.1, 0.15) is 33.3 Å². The van der Waals surface area contributed by atoms with E-state index in [1.165, 1.54) is 5.56 Å². The van der Waals surface area contributed by atoms with Crippen LogP contribution in [0.25, 0.3) is 0 Å². The van der Waals surface area contributed by atoms with Gasteiger partial charge in [-0.3, -0.25) is 9.69 Å². The van der Waals surface area contributed by atoms with Gasteiger partial charge in [0.05, 0.1) is 12.5 Å². The molecule has 1 saturated heterocycles. The van der Waals surface area contributed by atoms with E-state index in [0.717, 1.165) is 19.6 Å². The molecule has 3 nitrogen and oxygen atoms in total. The SMILES string of the molecule is CCOC(=O)C1CN(Cc2ccccc2)CC1C(C)C(C)C. The second-order valence-corrected chi connectivity index (χ2v) is 6.81. The lowest BCUT2D eigenvalue weighted by Crippen LogP contribution is -2.30. The van der Waals surface area contributed by atoms with Crippen molar-refractivity contribution < 1.29 is 9.53 Å². The van der Waals surface area contributed by atoms with Gasteiger partial charge in [-0.2, -0.15) is 0 Å². The molecule has 0 saturated carbocycles. The lowest BCUT2D eigenvalue weighted by Gasteiger charge is -2.26. The summed E-state index contributed by atoms with van der Waals surface area (Å²) in [5, 5.41) is 0. The number of likely N-dealkylation sites (tertiary alicyclic amines) is 1. The first-order chi connectivity index (χ1) is 10.5. The topological polar surface area (TPSA) is 29.5 Å². The molecule has 0 amide bonds. The number of ether oxygens (including phenoxy) is 1. The number of hydrogen-bond donors (Lipinski definition) is 0. The largest absolute Gasteiger partial charge is 0.466 e. The van der Waals surface area contributed by atoms with Crippen molar-refractivity contribution in [1.29, 1.82) is 0 Å². The van der Waals surface area contributed by atoms with Crippen molar-refractivity contribution in [3.63, 3.8) is 0 Å². The van der Waals surface area contributed by atoms with Crippen molar-refractivity contribution in [3.05, 3.63) is 35.9 Å². The van der Waals surface area contributed by atoms with E-state index >= 15 is 0 Å². The molecule has 0 bridgehead atoms. The second-order valence-electron chi connectivity index (χ2n) is 6.81. The highest BCUT2D eigenvalue weighted by Gasteiger charge is 2.41. The fourth-order valence-electron chi connectivity index (χ4n) is 3.41. The van der Waals surface area contributed by atoms with Gasteiger partial charge in [-0.25, -0.2) is 0 Å². The van der Waals surface area contributed by atoms with Crippen molar-refractivity contribution in [2.75, 3.05) is 19.7 Å². The Bertz CT molecular complexity index is 472. The molecule has 1 heterocycles. The molecule has 3 heteroatoms. The van der Waals surface area contributed by atoms with Crippen molar-refractivity contribution in [2.24, 2.45) is 23.7 Å². The molecule has 1 aliphatic heterocycles. The molecule has 1 aromatic rings. The molecule has 1 aromatic carbocycles. The molecule has 22 heavy (non-hydrogen) atoms. The van der Waals surface area contributed by atoms with Crippen LogP contribution in [0.3, 0.4) is 0 Å². The zero-order valence-electron chi connectivity index (χ0n) is 14.3. The van der Waals surface area contributed by atoms with Gasteiger partial charge in [0.25, 0.3) is 0 Å². The standard InChI is InChI=1S/C19H29NO2/c1-5-22-19(21)18-13-20(11-16-9-7-6-8-10-16)12-17(18)15(4)14(2)3/h6-10,14-15,17-18H,5,11-13H2,1-4H3. The summed E-state index contributed by atoms with van der Waals surface area (Å²) in [7, 11) is 0. The van der Waals surface area contributed by atoms with Gasteiger partial charge >= 0.3 is 5.97 Å². The maximum absolute atomic E-state index is 12.3. The summed E-state index contributed by atoms with van der Waals surface area (Å²) in [6.45, 7) is 11.8. The highest BCUT2D eigenvalue weighted by molar-refractivity contribution is 5.73. The summed E-state index contributed by atoms with van der Waals surface area (Å²) in [5.74, 6) is 1.49. The Morgan fingerprint density at radius 3 is 2.50 bits per heavy atom. The van der Waals surface area contributed by atoms with Crippen LogP contribution in [0.2, 0.25) is 0 Å². The minimum Gasteiger partial charge on any atom is -0.466 e. The Hall–Kier alpha value is -1.35. The first-order valence-electron chi connectivity index (χ1n) is 8.45. The number of nitrogens with zero attached hydrogens (tertiary/aromatic N) is 1. The molecule has 3 atom stereocenters. The summed E-state index contributed by atoms with van der Waals surface area (Å²) in [4.78, 5) is 14.7. The molecular weight excluding hydrogens is 274 g/mol. The van der Waals surface area contributed by atoms with E-state index in [2.05, 4.69) is 49.9 Å². The van der Waals surface area contributed by atoms with E-state index < -0.39 is 0 Å². The number of hydrogen-bond acceptors (Lipinski definition) is 3. The van der Waals surface area contributed by atoms with Crippen LogP contribution in [0.15, 0.2) is 30.3 Å². The maximum atomic E-state index is 12.3. The smallest absolute Gasteiger partial charge is 0.310 e. The van der Waals surface area contributed by atoms with E-state index in [0.29, 0.717) is 24.4 Å². The van der Waals surface area contributed by atoms with Crippen molar-refractivity contribution in [3.8, 4) is 0 Å². The van der Waals surface area contributed by atoms with Crippen LogP contribution >= 0.6 is 0 Å². The molecule has 1 fully saturated rings. The first kappa shape index (κ1) is 17.0. The number of benzene rings is 1. The second kappa shape index (κ2) is 7.77. The summed E-state index contributed by atoms with van der Waals surface area (Å²) < 4.78 is 5.32. The van der Waals surface area contributed by atoms with Gasteiger partial charge in [0, 0.05) is 19.6 Å². The number of carbonyl (C=O) groups is 1. The normalized spacial score (nSPS) is 23.7. The van der Waals surface area contributed by atoms with Gasteiger partial charge < -0.3 is 4.74 Å². The van der Waals surface area contributed by atoms with Gasteiger partial charge in [-0.1, -0.05) is 51.1 Å². The van der Waals surface area contributed by atoms with Gasteiger partial charge in [-0.15, -0.1) is 0 Å². The summed E-state index contributed by atoms with van der Waals surface area (Å²) in [6, 6.07) is 10.5. The third-order valence-electron chi connectivity index (χ3n) is 5.01. The number of carbonyl (C=O) groups excluding carboxylic acids is 1. The average Bonchev–Trinajstić information content (AvgIpc) is 2.91. The molecule has 0 spiro atoms. The molecule has 2 rings (SSSR count). The zero-order valence-corrected chi connectivity index (χ0v) is 14.3. The number of esters is 1. The minimum atomic E-state index is -0.0180. The summed E-state index contributed by atoms with van der Waals surface area (Å²) >= 11 is 0. The molecule has 122 valence electrons. The van der Waals surface area contributed by atoms with E-state index in [-0.39, 0.29) is 11.9 Å². The predicted molar refractivity (Wildman–Crippen MR) is 89.3 cm³/mol. The quantitative estimate of drug-likeness (QED) is 0.752. The van der Waals surface area contributed by atoms with E-state index in [1.54, 1.807) is 0 Å². The maximum Gasteiger partial charge on any atom is 0.310 e. The lowest BCUT2D eigenvalue weighted by molar-refractivity contribution is -0.149. The monoisotopic (exact) mass is 303 g/mol. The summed E-state index contributed by atoms with van der Waals surface area (Å²) in [5.41, 5.74) is 1.31. The van der Waals surface area contributed by atoms with E-state index in [4.69, 9.17) is 4.74 Å². The van der Waals surface area contributed by atoms with Gasteiger partial charge in [0.2, 0.25) is 0 Å². The lowest BCUT2D eigenvalue weighted by atomic mass is 9.79. The Morgan fingerprint density at radius 2 is 1.91 bits per heavy atom. The van der Waals surface area contributed by atoms with Crippen LogP contribution in [-0.4, -0.2) is 30.6 Å². The van der Waals surface area contributed by atoms with Crippen LogP contribution < -0.4 is 0 Å². The van der Waals surface area contributed by atoms with Crippen molar-refractivity contribution in [2.45, 2.75) is 34.2 Å². The molecule has 0 aromatic heterocycles. The van der Waals surface area contributed by atoms with Crippen LogP contribution in [-0.2, 0) is 16.1 Å². The molecule has 3 unspecified atom stereocenters. The predicted octanol–water partition coefficient (Wildman–Crippen LogP) is 3.59. The van der Waals surface area contributed by atoms with E-state index in [9.17, 15) is 4.79 Å². The number of rotatable bonds is 6. The Labute approximate surface area is 134 Å².